The molecule has 2 amide bonds. The maximum atomic E-state index is 12.3. The molecule has 1 saturated carbocycles. The summed E-state index contributed by atoms with van der Waals surface area (Å²) in [4.78, 5) is 25.9. The normalized spacial score (nSPS) is 16.6. The highest BCUT2D eigenvalue weighted by atomic mass is 16.2. The number of nitrogens with zero attached hydrogens (tertiary/aromatic N) is 1. The second-order valence-corrected chi connectivity index (χ2v) is 6.05. The van der Waals surface area contributed by atoms with Crippen molar-refractivity contribution in [3.05, 3.63) is 29.3 Å². The smallest absolute Gasteiger partial charge is 0.253 e. The predicted molar refractivity (Wildman–Crippen MR) is 83.2 cm³/mol. The van der Waals surface area contributed by atoms with E-state index in [1.54, 1.807) is 26.2 Å². The van der Waals surface area contributed by atoms with Crippen molar-refractivity contribution in [2.24, 2.45) is 5.73 Å². The molecule has 0 heterocycles. The molecule has 1 aliphatic carbocycles. The van der Waals surface area contributed by atoms with E-state index in [1.165, 1.54) is 4.90 Å². The zero-order valence-corrected chi connectivity index (χ0v) is 12.9. The van der Waals surface area contributed by atoms with Gasteiger partial charge in [0, 0.05) is 25.3 Å². The topological polar surface area (TPSA) is 75.4 Å². The highest BCUT2D eigenvalue weighted by molar-refractivity contribution is 6.00. The van der Waals surface area contributed by atoms with Crippen LogP contribution >= 0.6 is 0 Å². The number of carbonyl (C=O) groups excluding carboxylic acids is 2. The molecular formula is C16H23N3O2. The van der Waals surface area contributed by atoms with E-state index in [0.717, 1.165) is 18.4 Å². The Morgan fingerprint density at radius 2 is 1.86 bits per heavy atom. The SMILES string of the molecule is Cc1ccc(NC(=O)C2(N)CCCC2)cc1C(=O)N(C)C. The van der Waals surface area contributed by atoms with Gasteiger partial charge in [-0.1, -0.05) is 18.9 Å². The third-order valence-corrected chi connectivity index (χ3v) is 4.08. The van der Waals surface area contributed by atoms with E-state index in [2.05, 4.69) is 5.32 Å². The van der Waals surface area contributed by atoms with Gasteiger partial charge in [0.2, 0.25) is 5.91 Å². The number of aryl methyl sites for hydroxylation is 1. The van der Waals surface area contributed by atoms with Crippen molar-refractivity contribution in [2.45, 2.75) is 38.1 Å². The standard InChI is InChI=1S/C16H23N3O2/c1-11-6-7-12(10-13(11)14(20)19(2)3)18-15(21)16(17)8-4-5-9-16/h6-7,10H,4-5,8-9,17H2,1-3H3,(H,18,21). The number of hydrogen-bond acceptors (Lipinski definition) is 3. The minimum Gasteiger partial charge on any atom is -0.345 e. The zero-order chi connectivity index (χ0) is 15.6. The van der Waals surface area contributed by atoms with Crippen LogP contribution in [0.15, 0.2) is 18.2 Å². The van der Waals surface area contributed by atoms with Crippen molar-refractivity contribution in [1.29, 1.82) is 0 Å². The predicted octanol–water partition coefficient (Wildman–Crippen LogP) is 1.91. The first-order chi connectivity index (χ1) is 9.83. The van der Waals surface area contributed by atoms with Crippen molar-refractivity contribution < 1.29 is 9.59 Å². The molecule has 2 rings (SSSR count). The molecule has 0 radical (unpaired) electrons. The lowest BCUT2D eigenvalue weighted by molar-refractivity contribution is -0.121. The average Bonchev–Trinajstić information content (AvgIpc) is 2.88. The Balaban J connectivity index is 2.19. The third-order valence-electron chi connectivity index (χ3n) is 4.08. The van der Waals surface area contributed by atoms with Crippen molar-refractivity contribution in [3.8, 4) is 0 Å². The molecule has 1 aromatic rings. The minimum atomic E-state index is -0.767. The molecular weight excluding hydrogens is 266 g/mol. The summed E-state index contributed by atoms with van der Waals surface area (Å²) in [5, 5.41) is 2.85. The van der Waals surface area contributed by atoms with Crippen LogP contribution in [0.1, 0.15) is 41.6 Å². The van der Waals surface area contributed by atoms with Gasteiger partial charge >= 0.3 is 0 Å². The van der Waals surface area contributed by atoms with Crippen LogP contribution in [0.3, 0.4) is 0 Å². The Morgan fingerprint density at radius 1 is 1.24 bits per heavy atom. The lowest BCUT2D eigenvalue weighted by atomic mass is 9.97. The highest BCUT2D eigenvalue weighted by Crippen LogP contribution is 2.28. The van der Waals surface area contributed by atoms with E-state index < -0.39 is 5.54 Å². The molecule has 5 heteroatoms. The quantitative estimate of drug-likeness (QED) is 0.892. The number of carbonyl (C=O) groups is 2. The number of rotatable bonds is 3. The van der Waals surface area contributed by atoms with Crippen LogP contribution < -0.4 is 11.1 Å². The molecule has 0 spiro atoms. The fourth-order valence-corrected chi connectivity index (χ4v) is 2.66. The largest absolute Gasteiger partial charge is 0.345 e. The van der Waals surface area contributed by atoms with E-state index in [1.807, 2.05) is 13.0 Å². The summed E-state index contributed by atoms with van der Waals surface area (Å²) in [6.45, 7) is 1.88. The first kappa shape index (κ1) is 15.5. The molecule has 0 saturated heterocycles. The van der Waals surface area contributed by atoms with Gasteiger partial charge in [-0.15, -0.1) is 0 Å². The van der Waals surface area contributed by atoms with Gasteiger partial charge in [0.25, 0.3) is 5.91 Å². The van der Waals surface area contributed by atoms with Crippen LogP contribution in [-0.4, -0.2) is 36.3 Å². The summed E-state index contributed by atoms with van der Waals surface area (Å²) in [6.07, 6.45) is 3.41. The van der Waals surface area contributed by atoms with Crippen LogP contribution in [0.4, 0.5) is 5.69 Å². The summed E-state index contributed by atoms with van der Waals surface area (Å²) in [5.41, 5.74) is 7.47. The van der Waals surface area contributed by atoms with Crippen molar-refractivity contribution >= 4 is 17.5 Å². The van der Waals surface area contributed by atoms with Crippen LogP contribution in [0.5, 0.6) is 0 Å². The lowest BCUT2D eigenvalue weighted by Crippen LogP contribution is -2.48. The van der Waals surface area contributed by atoms with E-state index in [-0.39, 0.29) is 11.8 Å². The second-order valence-electron chi connectivity index (χ2n) is 6.05. The fraction of sp³-hybridized carbons (Fsp3) is 0.500. The van der Waals surface area contributed by atoms with E-state index >= 15 is 0 Å². The Kier molecular flexibility index (Phi) is 4.32. The third kappa shape index (κ3) is 3.24. The van der Waals surface area contributed by atoms with Crippen molar-refractivity contribution in [1.82, 2.24) is 4.90 Å². The van der Waals surface area contributed by atoms with Gasteiger partial charge in [-0.2, -0.15) is 0 Å². The van der Waals surface area contributed by atoms with Crippen molar-refractivity contribution in [3.63, 3.8) is 0 Å². The van der Waals surface area contributed by atoms with Crippen LogP contribution in [0.2, 0.25) is 0 Å². The van der Waals surface area contributed by atoms with E-state index in [9.17, 15) is 9.59 Å². The molecule has 21 heavy (non-hydrogen) atoms. The lowest BCUT2D eigenvalue weighted by Gasteiger charge is -2.22. The summed E-state index contributed by atoms with van der Waals surface area (Å²) >= 11 is 0. The van der Waals surface area contributed by atoms with Crippen LogP contribution in [0, 0.1) is 6.92 Å². The van der Waals surface area contributed by atoms with Gasteiger partial charge in [-0.25, -0.2) is 0 Å². The number of hydrogen-bond donors (Lipinski definition) is 2. The van der Waals surface area contributed by atoms with Gasteiger partial charge in [0.1, 0.15) is 0 Å². The number of nitrogens with two attached hydrogens (primary N) is 1. The molecule has 0 atom stereocenters. The number of benzene rings is 1. The molecule has 1 aliphatic rings. The molecule has 1 aromatic carbocycles. The Hall–Kier alpha value is -1.88. The highest BCUT2D eigenvalue weighted by Gasteiger charge is 2.37. The molecule has 0 unspecified atom stereocenters. The first-order valence-electron chi connectivity index (χ1n) is 7.26. The first-order valence-corrected chi connectivity index (χ1v) is 7.26. The van der Waals surface area contributed by atoms with Crippen LogP contribution in [0.25, 0.3) is 0 Å². The van der Waals surface area contributed by atoms with Gasteiger partial charge < -0.3 is 16.0 Å². The number of anilines is 1. The van der Waals surface area contributed by atoms with E-state index in [4.69, 9.17) is 5.73 Å². The molecule has 0 aromatic heterocycles. The van der Waals surface area contributed by atoms with Crippen LogP contribution in [-0.2, 0) is 4.79 Å². The maximum Gasteiger partial charge on any atom is 0.253 e. The maximum absolute atomic E-state index is 12.3. The minimum absolute atomic E-state index is 0.0769. The summed E-state index contributed by atoms with van der Waals surface area (Å²) in [6, 6.07) is 5.36. The Bertz CT molecular complexity index is 561. The summed E-state index contributed by atoms with van der Waals surface area (Å²) < 4.78 is 0. The monoisotopic (exact) mass is 289 g/mol. The molecule has 0 bridgehead atoms. The van der Waals surface area contributed by atoms with Gasteiger partial charge in [-0.05, 0) is 37.5 Å². The van der Waals surface area contributed by atoms with E-state index in [0.29, 0.717) is 24.1 Å². The summed E-state index contributed by atoms with van der Waals surface area (Å²) in [5.74, 6) is -0.237. The fourth-order valence-electron chi connectivity index (χ4n) is 2.66. The second kappa shape index (κ2) is 5.85. The molecule has 0 aliphatic heterocycles. The number of amides is 2. The molecule has 5 nitrogen and oxygen atoms in total. The average molecular weight is 289 g/mol. The van der Waals surface area contributed by atoms with Gasteiger partial charge in [-0.3, -0.25) is 9.59 Å². The molecule has 114 valence electrons. The Morgan fingerprint density at radius 3 is 2.43 bits per heavy atom. The number of nitrogens with one attached hydrogen (secondary N) is 1. The molecule has 3 N–H and O–H groups in total. The van der Waals surface area contributed by atoms with Gasteiger partial charge in [0.05, 0.1) is 5.54 Å². The molecule has 1 fully saturated rings. The Labute approximate surface area is 125 Å². The summed E-state index contributed by atoms with van der Waals surface area (Å²) in [7, 11) is 3.42. The van der Waals surface area contributed by atoms with Crippen molar-refractivity contribution in [2.75, 3.05) is 19.4 Å². The van der Waals surface area contributed by atoms with Gasteiger partial charge in [0.15, 0.2) is 0 Å². The zero-order valence-electron chi connectivity index (χ0n) is 12.9.